The molecule has 1 heterocycles. The molecule has 0 aliphatic heterocycles. The van der Waals surface area contributed by atoms with Crippen LogP contribution in [0.15, 0.2) is 41.3 Å². The zero-order chi connectivity index (χ0) is 17.5. The van der Waals surface area contributed by atoms with E-state index in [9.17, 15) is 14.9 Å². The van der Waals surface area contributed by atoms with Gasteiger partial charge < -0.3 is 10.6 Å². The van der Waals surface area contributed by atoms with Gasteiger partial charge in [-0.2, -0.15) is 0 Å². The van der Waals surface area contributed by atoms with Crippen LogP contribution in [0.4, 0.5) is 16.5 Å². The standard InChI is InChI=1S/C14H15N5O3S2/c1-3-7-15-13-17-18-14(24-13)23-9(2)12(20)16-10-5-4-6-11(8-10)19(21)22/h3-6,8-9H,1,7H2,2H3,(H,15,17)(H,16,20). The molecule has 0 radical (unpaired) electrons. The lowest BCUT2D eigenvalue weighted by Gasteiger charge is -2.10. The van der Waals surface area contributed by atoms with Crippen molar-refractivity contribution in [2.45, 2.75) is 16.5 Å². The van der Waals surface area contributed by atoms with E-state index < -0.39 is 10.2 Å². The molecule has 0 fully saturated rings. The van der Waals surface area contributed by atoms with Gasteiger partial charge in [-0.25, -0.2) is 0 Å². The number of aromatic nitrogens is 2. The first kappa shape index (κ1) is 17.9. The Morgan fingerprint density at radius 2 is 2.33 bits per heavy atom. The number of thioether (sulfide) groups is 1. The van der Waals surface area contributed by atoms with Gasteiger partial charge in [-0.15, -0.1) is 16.8 Å². The minimum Gasteiger partial charge on any atom is -0.357 e. The number of hydrogen-bond acceptors (Lipinski definition) is 8. The Balaban J connectivity index is 1.94. The molecular weight excluding hydrogens is 350 g/mol. The Morgan fingerprint density at radius 1 is 1.54 bits per heavy atom. The fourth-order valence-electron chi connectivity index (χ4n) is 1.63. The third-order valence-corrected chi connectivity index (χ3v) is 4.84. The van der Waals surface area contributed by atoms with Gasteiger partial charge in [0.25, 0.3) is 5.69 Å². The second-order valence-corrected chi connectivity index (χ2v) is 7.16. The summed E-state index contributed by atoms with van der Waals surface area (Å²) in [4.78, 5) is 22.4. The Labute approximate surface area is 146 Å². The van der Waals surface area contributed by atoms with Crippen LogP contribution in [0.2, 0.25) is 0 Å². The predicted molar refractivity (Wildman–Crippen MR) is 95.6 cm³/mol. The van der Waals surface area contributed by atoms with Crippen molar-refractivity contribution in [2.75, 3.05) is 17.2 Å². The van der Waals surface area contributed by atoms with Crippen LogP contribution in [0.3, 0.4) is 0 Å². The van der Waals surface area contributed by atoms with Gasteiger partial charge in [0.05, 0.1) is 10.2 Å². The van der Waals surface area contributed by atoms with E-state index in [0.717, 1.165) is 0 Å². The number of nitro benzene ring substituents is 1. The van der Waals surface area contributed by atoms with Crippen molar-refractivity contribution in [2.24, 2.45) is 0 Å². The molecule has 1 unspecified atom stereocenters. The maximum Gasteiger partial charge on any atom is 0.271 e. The number of carbonyl (C=O) groups excluding carboxylic acids is 1. The number of nitro groups is 1. The van der Waals surface area contributed by atoms with Gasteiger partial charge >= 0.3 is 0 Å². The number of nitrogens with zero attached hydrogens (tertiary/aromatic N) is 3. The van der Waals surface area contributed by atoms with Crippen LogP contribution in [-0.4, -0.2) is 32.8 Å². The van der Waals surface area contributed by atoms with Crippen molar-refractivity contribution in [3.05, 3.63) is 47.0 Å². The monoisotopic (exact) mass is 365 g/mol. The van der Waals surface area contributed by atoms with Crippen LogP contribution in [0.5, 0.6) is 0 Å². The molecule has 0 spiro atoms. The first-order valence-corrected chi connectivity index (χ1v) is 8.59. The molecule has 2 aromatic rings. The fraction of sp³-hybridized carbons (Fsp3) is 0.214. The van der Waals surface area contributed by atoms with Crippen molar-refractivity contribution in [3.8, 4) is 0 Å². The van der Waals surface area contributed by atoms with Crippen molar-refractivity contribution >= 4 is 45.5 Å². The lowest BCUT2D eigenvalue weighted by Crippen LogP contribution is -2.22. The summed E-state index contributed by atoms with van der Waals surface area (Å²) in [5.41, 5.74) is 0.308. The molecule has 2 rings (SSSR count). The summed E-state index contributed by atoms with van der Waals surface area (Å²) in [6.07, 6.45) is 1.71. The number of hydrogen-bond donors (Lipinski definition) is 2. The van der Waals surface area contributed by atoms with Gasteiger partial charge in [0.1, 0.15) is 0 Å². The molecule has 1 amide bonds. The smallest absolute Gasteiger partial charge is 0.271 e. The topological polar surface area (TPSA) is 110 Å². The first-order chi connectivity index (χ1) is 11.5. The van der Waals surface area contributed by atoms with Gasteiger partial charge in [-0.1, -0.05) is 35.2 Å². The van der Waals surface area contributed by atoms with E-state index in [4.69, 9.17) is 0 Å². The summed E-state index contributed by atoms with van der Waals surface area (Å²) in [5.74, 6) is -0.267. The van der Waals surface area contributed by atoms with Gasteiger partial charge in [0.2, 0.25) is 11.0 Å². The average Bonchev–Trinajstić information content (AvgIpc) is 3.00. The molecule has 2 N–H and O–H groups in total. The van der Waals surface area contributed by atoms with Crippen molar-refractivity contribution < 1.29 is 9.72 Å². The summed E-state index contributed by atoms with van der Waals surface area (Å²) >= 11 is 2.61. The molecule has 0 bridgehead atoms. The third kappa shape index (κ3) is 5.03. The quantitative estimate of drug-likeness (QED) is 0.320. The maximum absolute atomic E-state index is 12.2. The lowest BCUT2D eigenvalue weighted by atomic mass is 10.2. The summed E-state index contributed by atoms with van der Waals surface area (Å²) < 4.78 is 0.656. The predicted octanol–water partition coefficient (Wildman–Crippen LogP) is 3.16. The number of nitrogens with one attached hydrogen (secondary N) is 2. The normalized spacial score (nSPS) is 11.5. The van der Waals surface area contributed by atoms with Gasteiger partial charge in [-0.3, -0.25) is 14.9 Å². The van der Waals surface area contributed by atoms with Gasteiger partial charge in [0, 0.05) is 24.4 Å². The van der Waals surface area contributed by atoms with Crippen LogP contribution in [-0.2, 0) is 4.79 Å². The number of carbonyl (C=O) groups is 1. The highest BCUT2D eigenvalue weighted by Gasteiger charge is 2.18. The molecule has 0 aliphatic rings. The largest absolute Gasteiger partial charge is 0.357 e. The second kappa shape index (κ2) is 8.41. The minimum absolute atomic E-state index is 0.0739. The molecule has 0 saturated heterocycles. The fourth-order valence-corrected chi connectivity index (χ4v) is 3.54. The second-order valence-electron chi connectivity index (χ2n) is 4.60. The summed E-state index contributed by atoms with van der Waals surface area (Å²) in [6.45, 7) is 5.92. The number of benzene rings is 1. The first-order valence-electron chi connectivity index (χ1n) is 6.90. The van der Waals surface area contributed by atoms with E-state index in [1.807, 2.05) is 0 Å². The molecule has 0 saturated carbocycles. The van der Waals surface area contributed by atoms with E-state index in [1.165, 1.54) is 41.3 Å². The minimum atomic E-state index is -0.507. The Bertz CT molecular complexity index is 750. The van der Waals surface area contributed by atoms with E-state index in [1.54, 1.807) is 19.1 Å². The summed E-state index contributed by atoms with van der Waals surface area (Å²) in [7, 11) is 0. The Morgan fingerprint density at radius 3 is 3.04 bits per heavy atom. The van der Waals surface area contributed by atoms with Crippen LogP contribution in [0.1, 0.15) is 6.92 Å². The lowest BCUT2D eigenvalue weighted by molar-refractivity contribution is -0.384. The van der Waals surface area contributed by atoms with E-state index in [-0.39, 0.29) is 11.6 Å². The number of rotatable bonds is 8. The molecule has 10 heteroatoms. The van der Waals surface area contributed by atoms with Crippen LogP contribution in [0.25, 0.3) is 0 Å². The number of non-ortho nitro benzene ring substituents is 1. The van der Waals surface area contributed by atoms with Gasteiger partial charge in [-0.05, 0) is 13.0 Å². The van der Waals surface area contributed by atoms with Crippen molar-refractivity contribution in [1.82, 2.24) is 10.2 Å². The zero-order valence-electron chi connectivity index (χ0n) is 12.8. The van der Waals surface area contributed by atoms with E-state index in [0.29, 0.717) is 21.7 Å². The van der Waals surface area contributed by atoms with Crippen molar-refractivity contribution in [3.63, 3.8) is 0 Å². The highest BCUT2D eigenvalue weighted by atomic mass is 32.2. The van der Waals surface area contributed by atoms with E-state index >= 15 is 0 Å². The van der Waals surface area contributed by atoms with E-state index in [2.05, 4.69) is 27.4 Å². The summed E-state index contributed by atoms with van der Waals surface area (Å²) in [5, 5.41) is 24.6. The molecular formula is C14H15N5O3S2. The number of amides is 1. The van der Waals surface area contributed by atoms with Gasteiger partial charge in [0.15, 0.2) is 4.34 Å². The SMILES string of the molecule is C=CCNc1nnc(SC(C)C(=O)Nc2cccc([N+](=O)[O-])c2)s1. The third-order valence-electron chi connectivity index (χ3n) is 2.78. The summed E-state index contributed by atoms with van der Waals surface area (Å²) in [6, 6.07) is 5.81. The maximum atomic E-state index is 12.2. The average molecular weight is 365 g/mol. The molecule has 1 atom stereocenters. The Kier molecular flexibility index (Phi) is 6.27. The number of anilines is 2. The molecule has 1 aromatic heterocycles. The molecule has 126 valence electrons. The molecule has 1 aromatic carbocycles. The van der Waals surface area contributed by atoms with Crippen LogP contribution < -0.4 is 10.6 Å². The Hall–Kier alpha value is -2.46. The van der Waals surface area contributed by atoms with Crippen LogP contribution in [0, 0.1) is 10.1 Å². The van der Waals surface area contributed by atoms with Crippen molar-refractivity contribution in [1.29, 1.82) is 0 Å². The highest BCUT2D eigenvalue weighted by Crippen LogP contribution is 2.29. The molecule has 24 heavy (non-hydrogen) atoms. The highest BCUT2D eigenvalue weighted by molar-refractivity contribution is 8.02. The molecule has 8 nitrogen and oxygen atoms in total. The zero-order valence-corrected chi connectivity index (χ0v) is 14.4. The molecule has 0 aliphatic carbocycles. The van der Waals surface area contributed by atoms with Crippen LogP contribution >= 0.6 is 23.1 Å².